The number of pyridine rings is 1. The Bertz CT molecular complexity index is 1200. The molecule has 2 aromatic heterocycles. The van der Waals surface area contributed by atoms with Crippen LogP contribution in [0.5, 0.6) is 11.5 Å². The van der Waals surface area contributed by atoms with Crippen molar-refractivity contribution in [2.45, 2.75) is 64.1 Å². The SMILES string of the molecule is COc1ccc(N2C(=S)N[C@H](c3ccccn3)[C@H]2c2cc(C)n(C3CCCCC3)c2C)c(OC)c1. The van der Waals surface area contributed by atoms with Crippen molar-refractivity contribution >= 4 is 23.0 Å². The van der Waals surface area contributed by atoms with Crippen molar-refractivity contribution in [1.82, 2.24) is 14.9 Å². The Kier molecular flexibility index (Phi) is 6.69. The molecule has 0 bridgehead atoms. The summed E-state index contributed by atoms with van der Waals surface area (Å²) < 4.78 is 13.8. The number of aromatic nitrogens is 2. The summed E-state index contributed by atoms with van der Waals surface area (Å²) in [6, 6.07) is 14.7. The highest BCUT2D eigenvalue weighted by Crippen LogP contribution is 2.47. The number of hydrogen-bond acceptors (Lipinski definition) is 4. The average molecular weight is 491 g/mol. The number of thiocarbonyl (C=S) groups is 1. The number of ether oxygens (including phenoxy) is 2. The van der Waals surface area contributed by atoms with Gasteiger partial charge in [-0.1, -0.05) is 25.3 Å². The number of aryl methyl sites for hydroxylation is 1. The van der Waals surface area contributed by atoms with Gasteiger partial charge in [0.2, 0.25) is 0 Å². The van der Waals surface area contributed by atoms with Crippen LogP contribution < -0.4 is 19.7 Å². The second-order valence-electron chi connectivity index (χ2n) is 9.52. The van der Waals surface area contributed by atoms with Crippen molar-refractivity contribution in [3.05, 3.63) is 71.3 Å². The van der Waals surface area contributed by atoms with Crippen LogP contribution in [0.2, 0.25) is 0 Å². The Labute approximate surface area is 213 Å². The van der Waals surface area contributed by atoms with E-state index >= 15 is 0 Å². The van der Waals surface area contributed by atoms with E-state index in [1.807, 2.05) is 36.5 Å². The molecule has 1 saturated heterocycles. The van der Waals surface area contributed by atoms with Crippen molar-refractivity contribution in [2.24, 2.45) is 0 Å². The van der Waals surface area contributed by atoms with Crippen LogP contribution in [0.15, 0.2) is 48.7 Å². The van der Waals surface area contributed by atoms with Crippen LogP contribution in [-0.2, 0) is 0 Å². The van der Waals surface area contributed by atoms with Crippen LogP contribution in [0.25, 0.3) is 0 Å². The maximum absolute atomic E-state index is 5.95. The van der Waals surface area contributed by atoms with Gasteiger partial charge in [0.1, 0.15) is 11.5 Å². The summed E-state index contributed by atoms with van der Waals surface area (Å²) in [6.45, 7) is 4.50. The first-order valence-corrected chi connectivity index (χ1v) is 12.8. The molecule has 7 heteroatoms. The van der Waals surface area contributed by atoms with Crippen molar-refractivity contribution in [3.63, 3.8) is 0 Å². The van der Waals surface area contributed by atoms with Gasteiger partial charge < -0.3 is 24.3 Å². The molecule has 2 atom stereocenters. The van der Waals surface area contributed by atoms with E-state index in [4.69, 9.17) is 26.7 Å². The standard InChI is InChI=1S/C28H34N4O2S/c1-18-16-22(19(2)31(18)20-10-6-5-7-11-20)27-26(23-12-8-9-15-29-23)30-28(35)32(27)24-14-13-21(33-3)17-25(24)34-4/h8-9,12-17,20,26-27H,5-7,10-11H2,1-4H3,(H,30,35)/t26-,27-/m1/s1. The molecule has 5 rings (SSSR count). The monoisotopic (exact) mass is 490 g/mol. The van der Waals surface area contributed by atoms with Crippen LogP contribution in [0.4, 0.5) is 5.69 Å². The lowest BCUT2D eigenvalue weighted by Crippen LogP contribution is -2.30. The minimum absolute atomic E-state index is 0.0664. The zero-order valence-electron chi connectivity index (χ0n) is 21.0. The average Bonchev–Trinajstić information content (AvgIpc) is 3.39. The van der Waals surface area contributed by atoms with Gasteiger partial charge in [-0.05, 0) is 74.8 Å². The normalized spacial score (nSPS) is 20.7. The van der Waals surface area contributed by atoms with E-state index in [-0.39, 0.29) is 12.1 Å². The summed E-state index contributed by atoms with van der Waals surface area (Å²) in [5.74, 6) is 1.47. The Morgan fingerprint density at radius 2 is 1.80 bits per heavy atom. The van der Waals surface area contributed by atoms with E-state index in [9.17, 15) is 0 Å². The summed E-state index contributed by atoms with van der Waals surface area (Å²) >= 11 is 5.95. The molecule has 2 fully saturated rings. The van der Waals surface area contributed by atoms with Gasteiger partial charge in [0.15, 0.2) is 5.11 Å². The van der Waals surface area contributed by atoms with E-state index in [2.05, 4.69) is 40.8 Å². The van der Waals surface area contributed by atoms with E-state index in [0.29, 0.717) is 11.2 Å². The second-order valence-corrected chi connectivity index (χ2v) is 9.91. The van der Waals surface area contributed by atoms with Gasteiger partial charge in [0.25, 0.3) is 0 Å². The molecule has 3 aromatic rings. The minimum Gasteiger partial charge on any atom is -0.497 e. The molecule has 0 amide bonds. The van der Waals surface area contributed by atoms with Crippen LogP contribution >= 0.6 is 12.2 Å². The zero-order chi connectivity index (χ0) is 24.5. The molecule has 1 aliphatic heterocycles. The summed E-state index contributed by atoms with van der Waals surface area (Å²) in [7, 11) is 3.35. The molecule has 1 aliphatic carbocycles. The number of hydrogen-bond donors (Lipinski definition) is 1. The summed E-state index contributed by atoms with van der Waals surface area (Å²) in [5.41, 5.74) is 5.77. The predicted octanol–water partition coefficient (Wildman–Crippen LogP) is 6.20. The molecule has 184 valence electrons. The molecule has 2 aliphatic rings. The molecule has 0 spiro atoms. The smallest absolute Gasteiger partial charge is 0.174 e. The second kappa shape index (κ2) is 9.90. The van der Waals surface area contributed by atoms with Crippen molar-refractivity contribution in [2.75, 3.05) is 19.1 Å². The molecule has 3 heterocycles. The van der Waals surface area contributed by atoms with Gasteiger partial charge in [-0.3, -0.25) is 4.98 Å². The summed E-state index contributed by atoms with van der Waals surface area (Å²) in [4.78, 5) is 6.91. The van der Waals surface area contributed by atoms with Crippen LogP contribution in [0, 0.1) is 13.8 Å². The largest absolute Gasteiger partial charge is 0.497 e. The first-order chi connectivity index (χ1) is 17.0. The third kappa shape index (κ3) is 4.27. The Morgan fingerprint density at radius 3 is 2.49 bits per heavy atom. The van der Waals surface area contributed by atoms with Gasteiger partial charge in [-0.25, -0.2) is 0 Å². The van der Waals surface area contributed by atoms with Crippen molar-refractivity contribution in [1.29, 1.82) is 0 Å². The quantitative estimate of drug-likeness (QED) is 0.415. The molecule has 1 N–H and O–H groups in total. The lowest BCUT2D eigenvalue weighted by atomic mass is 9.94. The van der Waals surface area contributed by atoms with Crippen LogP contribution in [-0.4, -0.2) is 28.9 Å². The first-order valence-electron chi connectivity index (χ1n) is 12.4. The predicted molar refractivity (Wildman–Crippen MR) is 144 cm³/mol. The van der Waals surface area contributed by atoms with Gasteiger partial charge in [-0.15, -0.1) is 0 Å². The van der Waals surface area contributed by atoms with Crippen molar-refractivity contribution < 1.29 is 9.47 Å². The van der Waals surface area contributed by atoms with Crippen LogP contribution in [0.1, 0.15) is 72.9 Å². The molecular weight excluding hydrogens is 456 g/mol. The molecule has 1 aromatic carbocycles. The molecule has 6 nitrogen and oxygen atoms in total. The van der Waals surface area contributed by atoms with Gasteiger partial charge in [0, 0.05) is 29.7 Å². The van der Waals surface area contributed by atoms with E-state index in [0.717, 1.165) is 22.9 Å². The molecule has 0 unspecified atom stereocenters. The highest BCUT2D eigenvalue weighted by molar-refractivity contribution is 7.80. The summed E-state index contributed by atoms with van der Waals surface area (Å²) in [6.07, 6.45) is 8.29. The number of benzene rings is 1. The number of nitrogens with one attached hydrogen (secondary N) is 1. The van der Waals surface area contributed by atoms with E-state index < -0.39 is 0 Å². The summed E-state index contributed by atoms with van der Waals surface area (Å²) in [5, 5.41) is 4.25. The highest BCUT2D eigenvalue weighted by atomic mass is 32.1. The number of rotatable bonds is 6. The Morgan fingerprint density at radius 1 is 1.00 bits per heavy atom. The van der Waals surface area contributed by atoms with Gasteiger partial charge in [-0.2, -0.15) is 0 Å². The Hall–Kier alpha value is -3.06. The molecule has 1 saturated carbocycles. The fourth-order valence-electron chi connectivity index (χ4n) is 5.92. The lowest BCUT2D eigenvalue weighted by molar-refractivity contribution is 0.345. The fraction of sp³-hybridized carbons (Fsp3) is 0.429. The zero-order valence-corrected chi connectivity index (χ0v) is 21.8. The lowest BCUT2D eigenvalue weighted by Gasteiger charge is -2.30. The maximum atomic E-state index is 5.95. The van der Waals surface area contributed by atoms with Gasteiger partial charge in [0.05, 0.1) is 37.7 Å². The minimum atomic E-state index is -0.0872. The van der Waals surface area contributed by atoms with Crippen molar-refractivity contribution in [3.8, 4) is 11.5 Å². The van der Waals surface area contributed by atoms with Gasteiger partial charge >= 0.3 is 0 Å². The number of anilines is 1. The van der Waals surface area contributed by atoms with E-state index in [1.54, 1.807) is 14.2 Å². The number of nitrogens with zero attached hydrogens (tertiary/aromatic N) is 3. The van der Waals surface area contributed by atoms with Crippen LogP contribution in [0.3, 0.4) is 0 Å². The molecule has 0 radical (unpaired) electrons. The maximum Gasteiger partial charge on any atom is 0.174 e. The molecular formula is C28H34N4O2S. The number of methoxy groups -OCH3 is 2. The Balaban J connectivity index is 1.65. The fourth-order valence-corrected chi connectivity index (χ4v) is 6.26. The third-order valence-corrected chi connectivity index (χ3v) is 7.84. The first kappa shape index (κ1) is 23.7. The topological polar surface area (TPSA) is 51.5 Å². The third-order valence-electron chi connectivity index (χ3n) is 7.53. The molecule has 35 heavy (non-hydrogen) atoms. The highest BCUT2D eigenvalue weighted by Gasteiger charge is 2.43. The van der Waals surface area contributed by atoms with E-state index in [1.165, 1.54) is 49.1 Å².